The van der Waals surface area contributed by atoms with Gasteiger partial charge in [-0.3, -0.25) is 14.9 Å². The van der Waals surface area contributed by atoms with Gasteiger partial charge in [0.1, 0.15) is 0 Å². The molecule has 0 aliphatic carbocycles. The summed E-state index contributed by atoms with van der Waals surface area (Å²) in [4.78, 5) is 23.9. The average Bonchev–Trinajstić information content (AvgIpc) is 2.62. The first-order chi connectivity index (χ1) is 11.9. The Balaban J connectivity index is 1.96. The molecule has 1 aromatic rings. The van der Waals surface area contributed by atoms with Gasteiger partial charge in [0.25, 0.3) is 5.69 Å². The van der Waals surface area contributed by atoms with Gasteiger partial charge in [0, 0.05) is 44.7 Å². The summed E-state index contributed by atoms with van der Waals surface area (Å²) in [5.41, 5.74) is -0.151. The van der Waals surface area contributed by atoms with Gasteiger partial charge >= 0.3 is 0 Å². The molecule has 2 rings (SSSR count). The molecule has 1 saturated heterocycles. The fourth-order valence-corrected chi connectivity index (χ4v) is 4.17. The van der Waals surface area contributed by atoms with Crippen molar-refractivity contribution in [2.45, 2.75) is 37.5 Å². The van der Waals surface area contributed by atoms with E-state index in [4.69, 9.17) is 0 Å². The van der Waals surface area contributed by atoms with Crippen LogP contribution in [0.15, 0.2) is 29.2 Å². The normalized spacial score (nSPS) is 16.0. The molecule has 0 radical (unpaired) electrons. The Morgan fingerprint density at radius 3 is 2.24 bits per heavy atom. The molecule has 1 aliphatic heterocycles. The second-order valence-corrected chi connectivity index (χ2v) is 7.93. The number of sulfonamides is 1. The molecule has 1 fully saturated rings. The summed E-state index contributed by atoms with van der Waals surface area (Å²) in [6, 6.07) is 4.85. The van der Waals surface area contributed by atoms with E-state index in [1.165, 1.54) is 28.6 Å². The van der Waals surface area contributed by atoms with Gasteiger partial charge in [0.05, 0.1) is 9.82 Å². The van der Waals surface area contributed by atoms with Gasteiger partial charge in [-0.25, -0.2) is 8.42 Å². The molecule has 1 aliphatic rings. The Labute approximate surface area is 147 Å². The topological polar surface area (TPSA) is 101 Å². The van der Waals surface area contributed by atoms with Crippen LogP contribution >= 0.6 is 0 Å². The van der Waals surface area contributed by atoms with Crippen molar-refractivity contribution in [3.63, 3.8) is 0 Å². The van der Waals surface area contributed by atoms with Crippen LogP contribution in [0.4, 0.5) is 5.69 Å². The SMILES string of the molecule is CCCCCC(=O)N1CCN(S(=O)(=O)c2ccc([N+](=O)[O-])cc2)CC1. The number of piperazine rings is 1. The van der Waals surface area contributed by atoms with Crippen LogP contribution in [0.25, 0.3) is 0 Å². The summed E-state index contributed by atoms with van der Waals surface area (Å²) in [6.07, 6.45) is 3.42. The van der Waals surface area contributed by atoms with Gasteiger partial charge in [-0.2, -0.15) is 4.31 Å². The van der Waals surface area contributed by atoms with Gasteiger partial charge < -0.3 is 4.90 Å². The zero-order valence-electron chi connectivity index (χ0n) is 14.3. The standard InChI is InChI=1S/C16H23N3O5S/c1-2-3-4-5-16(20)17-10-12-18(13-11-17)25(23,24)15-8-6-14(7-9-15)19(21)22/h6-9H,2-5,10-13H2,1H3. The number of benzene rings is 1. The van der Waals surface area contributed by atoms with Crippen LogP contribution < -0.4 is 0 Å². The second-order valence-electron chi connectivity index (χ2n) is 5.99. The molecule has 1 aromatic carbocycles. The maximum atomic E-state index is 12.6. The minimum Gasteiger partial charge on any atom is -0.340 e. The lowest BCUT2D eigenvalue weighted by Crippen LogP contribution is -2.50. The highest BCUT2D eigenvalue weighted by molar-refractivity contribution is 7.89. The van der Waals surface area contributed by atoms with Crippen LogP contribution in [0.1, 0.15) is 32.6 Å². The minimum atomic E-state index is -3.70. The van der Waals surface area contributed by atoms with Crippen molar-refractivity contribution in [2.24, 2.45) is 0 Å². The van der Waals surface area contributed by atoms with Gasteiger partial charge in [0.15, 0.2) is 0 Å². The van der Waals surface area contributed by atoms with Crippen molar-refractivity contribution in [3.05, 3.63) is 34.4 Å². The Morgan fingerprint density at radius 1 is 1.12 bits per heavy atom. The van der Waals surface area contributed by atoms with Crippen molar-refractivity contribution in [1.29, 1.82) is 0 Å². The van der Waals surface area contributed by atoms with Gasteiger partial charge in [-0.15, -0.1) is 0 Å². The Hall–Kier alpha value is -2.00. The molecule has 0 bridgehead atoms. The molecule has 1 heterocycles. The van der Waals surface area contributed by atoms with Crippen molar-refractivity contribution >= 4 is 21.6 Å². The van der Waals surface area contributed by atoms with Gasteiger partial charge in [-0.1, -0.05) is 19.8 Å². The Kier molecular flexibility index (Phi) is 6.49. The van der Waals surface area contributed by atoms with Crippen LogP contribution in [0, 0.1) is 10.1 Å². The predicted octanol–water partition coefficient (Wildman–Crippen LogP) is 2.01. The van der Waals surface area contributed by atoms with Crippen LogP contribution in [0.5, 0.6) is 0 Å². The molecule has 1 amide bonds. The van der Waals surface area contributed by atoms with Crippen LogP contribution in [-0.4, -0.2) is 54.6 Å². The molecule has 138 valence electrons. The Bertz CT molecular complexity index is 710. The molecule has 0 spiro atoms. The largest absolute Gasteiger partial charge is 0.340 e. The summed E-state index contributed by atoms with van der Waals surface area (Å²) >= 11 is 0. The number of hydrogen-bond donors (Lipinski definition) is 0. The highest BCUT2D eigenvalue weighted by Crippen LogP contribution is 2.21. The molecular weight excluding hydrogens is 346 g/mol. The highest BCUT2D eigenvalue weighted by Gasteiger charge is 2.30. The van der Waals surface area contributed by atoms with Crippen LogP contribution in [0.2, 0.25) is 0 Å². The summed E-state index contributed by atoms with van der Waals surface area (Å²) in [5, 5.41) is 10.7. The van der Waals surface area contributed by atoms with Crippen molar-refractivity contribution in [1.82, 2.24) is 9.21 Å². The third-order valence-corrected chi connectivity index (χ3v) is 6.18. The molecule has 0 N–H and O–H groups in total. The van der Waals surface area contributed by atoms with E-state index in [9.17, 15) is 23.3 Å². The zero-order valence-corrected chi connectivity index (χ0v) is 15.1. The molecule has 0 saturated carbocycles. The van der Waals surface area contributed by atoms with Gasteiger partial charge in [0.2, 0.25) is 15.9 Å². The summed E-state index contributed by atoms with van der Waals surface area (Å²) in [5.74, 6) is 0.0702. The average molecular weight is 369 g/mol. The molecule has 0 unspecified atom stereocenters. The number of unbranched alkanes of at least 4 members (excludes halogenated alkanes) is 2. The van der Waals surface area contributed by atoms with E-state index in [-0.39, 0.29) is 29.6 Å². The first-order valence-electron chi connectivity index (χ1n) is 8.38. The molecule has 9 heteroatoms. The minimum absolute atomic E-state index is 0.0285. The molecule has 0 aromatic heterocycles. The Morgan fingerprint density at radius 2 is 1.72 bits per heavy atom. The maximum Gasteiger partial charge on any atom is 0.269 e. The van der Waals surface area contributed by atoms with Crippen molar-refractivity contribution < 1.29 is 18.1 Å². The quantitative estimate of drug-likeness (QED) is 0.416. The fourth-order valence-electron chi connectivity index (χ4n) is 2.75. The molecular formula is C16H23N3O5S. The van der Waals surface area contributed by atoms with E-state index < -0.39 is 14.9 Å². The monoisotopic (exact) mass is 369 g/mol. The van der Waals surface area contributed by atoms with E-state index >= 15 is 0 Å². The van der Waals surface area contributed by atoms with Crippen LogP contribution in [0.3, 0.4) is 0 Å². The summed E-state index contributed by atoms with van der Waals surface area (Å²) in [6.45, 7) is 3.29. The number of non-ortho nitro benzene ring substituents is 1. The lowest BCUT2D eigenvalue weighted by molar-refractivity contribution is -0.384. The molecule has 25 heavy (non-hydrogen) atoms. The summed E-state index contributed by atoms with van der Waals surface area (Å²) in [7, 11) is -3.70. The summed E-state index contributed by atoms with van der Waals surface area (Å²) < 4.78 is 26.5. The van der Waals surface area contributed by atoms with E-state index in [1.54, 1.807) is 4.90 Å². The number of amides is 1. The number of hydrogen-bond acceptors (Lipinski definition) is 5. The predicted molar refractivity (Wildman–Crippen MR) is 92.6 cm³/mol. The third-order valence-electron chi connectivity index (χ3n) is 4.27. The highest BCUT2D eigenvalue weighted by atomic mass is 32.2. The maximum absolute atomic E-state index is 12.6. The fraction of sp³-hybridized carbons (Fsp3) is 0.562. The number of nitrogens with zero attached hydrogens (tertiary/aromatic N) is 3. The molecule has 8 nitrogen and oxygen atoms in total. The number of nitro benzene ring substituents is 1. The molecule has 0 atom stereocenters. The van der Waals surface area contributed by atoms with E-state index in [1.807, 2.05) is 0 Å². The van der Waals surface area contributed by atoms with E-state index in [0.29, 0.717) is 19.5 Å². The van der Waals surface area contributed by atoms with E-state index in [0.717, 1.165) is 19.3 Å². The smallest absolute Gasteiger partial charge is 0.269 e. The second kappa shape index (κ2) is 8.39. The third kappa shape index (κ3) is 4.76. The lowest BCUT2D eigenvalue weighted by atomic mass is 10.2. The van der Waals surface area contributed by atoms with Crippen molar-refractivity contribution in [3.8, 4) is 0 Å². The number of rotatable bonds is 7. The zero-order chi connectivity index (χ0) is 18.4. The first-order valence-corrected chi connectivity index (χ1v) is 9.82. The first kappa shape index (κ1) is 19.3. The number of nitro groups is 1. The van der Waals surface area contributed by atoms with Gasteiger partial charge in [-0.05, 0) is 18.6 Å². The number of carbonyl (C=O) groups excluding carboxylic acids is 1. The van der Waals surface area contributed by atoms with E-state index in [2.05, 4.69) is 6.92 Å². The lowest BCUT2D eigenvalue weighted by Gasteiger charge is -2.34. The van der Waals surface area contributed by atoms with Crippen molar-refractivity contribution in [2.75, 3.05) is 26.2 Å². The number of carbonyl (C=O) groups is 1. The van der Waals surface area contributed by atoms with Crippen LogP contribution in [-0.2, 0) is 14.8 Å².